The van der Waals surface area contributed by atoms with Crippen LogP contribution >= 0.6 is 0 Å². The Labute approximate surface area is 201 Å². The number of piperazine rings is 1. The zero-order valence-electron chi connectivity index (χ0n) is 19.6. The number of rotatable bonds is 5. The van der Waals surface area contributed by atoms with Gasteiger partial charge in [0.1, 0.15) is 5.54 Å². The first kappa shape index (κ1) is 21.8. The van der Waals surface area contributed by atoms with Crippen LogP contribution in [0, 0.1) is 5.92 Å². The van der Waals surface area contributed by atoms with Crippen molar-refractivity contribution in [3.63, 3.8) is 0 Å². The predicted octanol–water partition coefficient (Wildman–Crippen LogP) is 2.37. The first-order valence-electron chi connectivity index (χ1n) is 12.6. The summed E-state index contributed by atoms with van der Waals surface area (Å²) in [4.78, 5) is 34.9. The molecule has 5 aliphatic heterocycles. The molecule has 7 heteroatoms. The molecule has 7 rings (SSSR count). The summed E-state index contributed by atoms with van der Waals surface area (Å²) < 4.78 is 0. The lowest BCUT2D eigenvalue weighted by atomic mass is 9.73. The van der Waals surface area contributed by atoms with Crippen LogP contribution in [-0.4, -0.2) is 89.6 Å². The molecule has 1 spiro atoms. The average Bonchev–Trinajstić information content (AvgIpc) is 3.11. The van der Waals surface area contributed by atoms with Gasteiger partial charge in [0.2, 0.25) is 0 Å². The van der Waals surface area contributed by atoms with E-state index < -0.39 is 5.54 Å². The van der Waals surface area contributed by atoms with Crippen LogP contribution in [0.25, 0.3) is 0 Å². The second-order valence-corrected chi connectivity index (χ2v) is 10.2. The number of fused-ring (bicyclic) bond motifs is 2. The van der Waals surface area contributed by atoms with Crippen molar-refractivity contribution in [1.29, 1.82) is 0 Å². The fourth-order valence-electron chi connectivity index (χ4n) is 6.47. The molecule has 5 heterocycles. The summed E-state index contributed by atoms with van der Waals surface area (Å²) in [6.07, 6.45) is 2.00. The van der Waals surface area contributed by atoms with Crippen LogP contribution in [0.5, 0.6) is 0 Å². The molecule has 34 heavy (non-hydrogen) atoms. The molecule has 2 aromatic carbocycles. The van der Waals surface area contributed by atoms with Gasteiger partial charge in [-0.2, -0.15) is 0 Å². The van der Waals surface area contributed by atoms with Gasteiger partial charge in [0.15, 0.2) is 0 Å². The van der Waals surface area contributed by atoms with Crippen LogP contribution in [0.3, 0.4) is 0 Å². The molecule has 0 aromatic heterocycles. The molecule has 2 aromatic rings. The number of nitrogens with zero attached hydrogens (tertiary/aromatic N) is 4. The summed E-state index contributed by atoms with van der Waals surface area (Å²) in [5.41, 5.74) is 1.89. The van der Waals surface area contributed by atoms with Crippen molar-refractivity contribution in [1.82, 2.24) is 24.9 Å². The number of carbonyl (C=O) groups excluding carboxylic acids is 2. The third kappa shape index (κ3) is 3.72. The third-order valence-corrected chi connectivity index (χ3v) is 8.30. The van der Waals surface area contributed by atoms with E-state index in [9.17, 15) is 9.59 Å². The second kappa shape index (κ2) is 8.80. The predicted molar refractivity (Wildman–Crippen MR) is 130 cm³/mol. The normalized spacial score (nSPS) is 29.9. The van der Waals surface area contributed by atoms with Crippen LogP contribution < -0.4 is 5.32 Å². The Balaban J connectivity index is 1.13. The number of imide groups is 1. The molecule has 178 valence electrons. The number of piperidine rings is 3. The van der Waals surface area contributed by atoms with E-state index in [-0.39, 0.29) is 23.9 Å². The van der Waals surface area contributed by atoms with Gasteiger partial charge in [-0.1, -0.05) is 60.7 Å². The summed E-state index contributed by atoms with van der Waals surface area (Å²) in [6, 6.07) is 21.3. The Hall–Kier alpha value is -2.74. The van der Waals surface area contributed by atoms with E-state index in [2.05, 4.69) is 80.7 Å². The molecule has 5 aliphatic rings. The lowest BCUT2D eigenvalue weighted by Crippen LogP contribution is -2.67. The Morgan fingerprint density at radius 3 is 1.94 bits per heavy atom. The molecule has 1 atom stereocenters. The lowest BCUT2D eigenvalue weighted by molar-refractivity contribution is -0.140. The van der Waals surface area contributed by atoms with Crippen molar-refractivity contribution in [3.8, 4) is 0 Å². The zero-order valence-corrected chi connectivity index (χ0v) is 19.6. The largest absolute Gasteiger partial charge is 0.326 e. The fourth-order valence-corrected chi connectivity index (χ4v) is 6.47. The van der Waals surface area contributed by atoms with Crippen LogP contribution in [0.1, 0.15) is 30.0 Å². The maximum Gasteiger partial charge on any atom is 0.326 e. The molecule has 0 radical (unpaired) electrons. The van der Waals surface area contributed by atoms with Gasteiger partial charge in [-0.3, -0.25) is 14.6 Å². The lowest BCUT2D eigenvalue weighted by Gasteiger charge is -2.49. The standard InChI is InChI=1S/C27H33N5O2/c33-25-27(19-29-13-11-23(27)12-14-29)28-26(34)32(25)20-30-15-17-31(18-16-30)24(21-7-3-1-4-8-21)22-9-5-2-6-10-22/h1-10,23-24H,11-20H2,(H,28,34). The number of urea groups is 1. The van der Waals surface area contributed by atoms with E-state index in [0.717, 1.165) is 52.1 Å². The topological polar surface area (TPSA) is 59.1 Å². The smallest absolute Gasteiger partial charge is 0.322 e. The summed E-state index contributed by atoms with van der Waals surface area (Å²) in [5, 5.41) is 3.12. The number of amides is 3. The van der Waals surface area contributed by atoms with Gasteiger partial charge < -0.3 is 10.2 Å². The summed E-state index contributed by atoms with van der Waals surface area (Å²) in [7, 11) is 0. The maximum atomic E-state index is 13.5. The van der Waals surface area contributed by atoms with Crippen LogP contribution in [0.15, 0.2) is 60.7 Å². The van der Waals surface area contributed by atoms with Crippen molar-refractivity contribution in [2.24, 2.45) is 5.92 Å². The van der Waals surface area contributed by atoms with E-state index in [1.807, 2.05) is 0 Å². The van der Waals surface area contributed by atoms with E-state index in [0.29, 0.717) is 13.2 Å². The molecule has 1 unspecified atom stereocenters. The zero-order chi connectivity index (χ0) is 23.1. The van der Waals surface area contributed by atoms with Crippen LogP contribution in [-0.2, 0) is 4.79 Å². The Morgan fingerprint density at radius 2 is 1.41 bits per heavy atom. The molecule has 5 fully saturated rings. The average molecular weight is 460 g/mol. The van der Waals surface area contributed by atoms with Gasteiger partial charge in [-0.05, 0) is 43.0 Å². The third-order valence-electron chi connectivity index (χ3n) is 8.30. The minimum atomic E-state index is -0.693. The van der Waals surface area contributed by atoms with Crippen molar-refractivity contribution in [2.75, 3.05) is 52.5 Å². The van der Waals surface area contributed by atoms with Gasteiger partial charge in [-0.15, -0.1) is 0 Å². The molecular weight excluding hydrogens is 426 g/mol. The molecule has 1 N–H and O–H groups in total. The van der Waals surface area contributed by atoms with Crippen LogP contribution in [0.4, 0.5) is 4.79 Å². The highest BCUT2D eigenvalue weighted by molar-refractivity contribution is 6.07. The molecule has 0 saturated carbocycles. The summed E-state index contributed by atoms with van der Waals surface area (Å²) >= 11 is 0. The number of carbonyl (C=O) groups is 2. The van der Waals surface area contributed by atoms with Crippen LogP contribution in [0.2, 0.25) is 0 Å². The minimum absolute atomic E-state index is 0.0132. The SMILES string of the molecule is O=C1NC2(CN3CCC2CC3)C(=O)N1CN1CCN(C(c2ccccc2)c2ccccc2)CC1. The van der Waals surface area contributed by atoms with Crippen molar-refractivity contribution < 1.29 is 9.59 Å². The quantitative estimate of drug-likeness (QED) is 0.696. The molecule has 7 nitrogen and oxygen atoms in total. The second-order valence-electron chi connectivity index (χ2n) is 10.2. The Bertz CT molecular complexity index is 992. The molecular formula is C27H33N5O2. The fraction of sp³-hybridized carbons (Fsp3) is 0.481. The van der Waals surface area contributed by atoms with E-state index in [1.54, 1.807) is 0 Å². The maximum absolute atomic E-state index is 13.5. The highest BCUT2D eigenvalue weighted by atomic mass is 16.2. The molecule has 0 aliphatic carbocycles. The van der Waals surface area contributed by atoms with Crippen molar-refractivity contribution in [2.45, 2.75) is 24.4 Å². The first-order chi connectivity index (χ1) is 16.6. The number of hydrogen-bond donors (Lipinski definition) is 1. The van der Waals surface area contributed by atoms with Gasteiger partial charge in [0, 0.05) is 32.7 Å². The van der Waals surface area contributed by atoms with Gasteiger partial charge in [0.05, 0.1) is 12.7 Å². The highest BCUT2D eigenvalue weighted by Gasteiger charge is 2.59. The summed E-state index contributed by atoms with van der Waals surface area (Å²) in [6.45, 7) is 6.57. The first-order valence-corrected chi connectivity index (χ1v) is 12.6. The number of nitrogens with one attached hydrogen (secondary N) is 1. The van der Waals surface area contributed by atoms with Gasteiger partial charge in [-0.25, -0.2) is 9.69 Å². The van der Waals surface area contributed by atoms with Gasteiger partial charge >= 0.3 is 6.03 Å². The summed E-state index contributed by atoms with van der Waals surface area (Å²) in [5.74, 6) is 0.258. The van der Waals surface area contributed by atoms with E-state index in [1.165, 1.54) is 16.0 Å². The van der Waals surface area contributed by atoms with Crippen molar-refractivity contribution >= 4 is 11.9 Å². The monoisotopic (exact) mass is 459 g/mol. The van der Waals surface area contributed by atoms with E-state index in [4.69, 9.17) is 0 Å². The highest BCUT2D eigenvalue weighted by Crippen LogP contribution is 2.39. The Kier molecular flexibility index (Phi) is 5.63. The molecule has 2 bridgehead atoms. The molecule has 5 saturated heterocycles. The Morgan fingerprint density at radius 1 is 0.824 bits per heavy atom. The molecule has 3 amide bonds. The van der Waals surface area contributed by atoms with Gasteiger partial charge in [0.25, 0.3) is 5.91 Å². The number of benzene rings is 2. The van der Waals surface area contributed by atoms with E-state index >= 15 is 0 Å². The number of hydrogen-bond acceptors (Lipinski definition) is 5. The minimum Gasteiger partial charge on any atom is -0.322 e. The van der Waals surface area contributed by atoms with Crippen molar-refractivity contribution in [3.05, 3.63) is 71.8 Å².